The Morgan fingerprint density at radius 3 is 2.48 bits per heavy atom. The van der Waals surface area contributed by atoms with Crippen molar-refractivity contribution in [2.24, 2.45) is 5.92 Å². The van der Waals surface area contributed by atoms with Crippen molar-refractivity contribution in [2.75, 3.05) is 33.7 Å². The summed E-state index contributed by atoms with van der Waals surface area (Å²) < 4.78 is 13.1. The van der Waals surface area contributed by atoms with Crippen LogP contribution in [-0.4, -0.2) is 60.5 Å². The van der Waals surface area contributed by atoms with E-state index in [-0.39, 0.29) is 11.8 Å². The predicted molar refractivity (Wildman–Crippen MR) is 90.7 cm³/mol. The van der Waals surface area contributed by atoms with E-state index < -0.39 is 0 Å². The Morgan fingerprint density at radius 1 is 1.26 bits per heavy atom. The van der Waals surface area contributed by atoms with Gasteiger partial charge in [0.25, 0.3) is 0 Å². The zero-order chi connectivity index (χ0) is 17.0. The molecular weight excluding hydrogens is 293 g/mol. The molecule has 1 saturated heterocycles. The number of hydrogen-bond acceptors (Lipinski definition) is 2. The molecule has 0 unspecified atom stereocenters. The SMILES string of the molecule is CC(C)[C@@H]1CN(C(=O)N(C)C)CCCN1Cc1ccc(F)cc1. The molecule has 2 amide bonds. The minimum atomic E-state index is -0.201. The van der Waals surface area contributed by atoms with E-state index in [0.29, 0.717) is 12.0 Å². The fraction of sp³-hybridized carbons (Fsp3) is 0.611. The molecule has 0 spiro atoms. The molecule has 1 aliphatic rings. The Labute approximate surface area is 138 Å². The summed E-state index contributed by atoms with van der Waals surface area (Å²) >= 11 is 0. The van der Waals surface area contributed by atoms with Crippen LogP contribution < -0.4 is 0 Å². The van der Waals surface area contributed by atoms with Gasteiger partial charge in [0.1, 0.15) is 5.82 Å². The molecule has 0 N–H and O–H groups in total. The Morgan fingerprint density at radius 2 is 1.91 bits per heavy atom. The Kier molecular flexibility index (Phi) is 5.99. The molecule has 0 bridgehead atoms. The number of halogens is 1. The van der Waals surface area contributed by atoms with Crippen LogP contribution in [0.1, 0.15) is 25.8 Å². The maximum atomic E-state index is 13.1. The van der Waals surface area contributed by atoms with Gasteiger partial charge in [0.15, 0.2) is 0 Å². The Hall–Kier alpha value is -1.62. The molecule has 1 aromatic carbocycles. The van der Waals surface area contributed by atoms with Gasteiger partial charge in [-0.2, -0.15) is 0 Å². The highest BCUT2D eigenvalue weighted by atomic mass is 19.1. The molecule has 2 rings (SSSR count). The van der Waals surface area contributed by atoms with Crippen molar-refractivity contribution in [3.8, 4) is 0 Å². The van der Waals surface area contributed by atoms with Crippen LogP contribution in [0, 0.1) is 11.7 Å². The van der Waals surface area contributed by atoms with E-state index in [4.69, 9.17) is 0 Å². The zero-order valence-corrected chi connectivity index (χ0v) is 14.6. The first kappa shape index (κ1) is 17.7. The third-order valence-corrected chi connectivity index (χ3v) is 4.47. The van der Waals surface area contributed by atoms with E-state index in [9.17, 15) is 9.18 Å². The van der Waals surface area contributed by atoms with Crippen molar-refractivity contribution in [1.82, 2.24) is 14.7 Å². The maximum Gasteiger partial charge on any atom is 0.319 e. The third kappa shape index (κ3) is 4.67. The van der Waals surface area contributed by atoms with Crippen molar-refractivity contribution in [3.63, 3.8) is 0 Å². The highest BCUT2D eigenvalue weighted by Crippen LogP contribution is 2.20. The lowest BCUT2D eigenvalue weighted by Gasteiger charge is -2.35. The molecule has 1 aromatic rings. The largest absolute Gasteiger partial charge is 0.331 e. The monoisotopic (exact) mass is 321 g/mol. The van der Waals surface area contributed by atoms with Gasteiger partial charge in [0, 0.05) is 46.3 Å². The number of benzene rings is 1. The molecule has 0 aromatic heterocycles. The quantitative estimate of drug-likeness (QED) is 0.855. The van der Waals surface area contributed by atoms with E-state index in [1.54, 1.807) is 19.0 Å². The Balaban J connectivity index is 2.12. The molecule has 1 atom stereocenters. The topological polar surface area (TPSA) is 26.8 Å². The molecule has 1 aliphatic heterocycles. The summed E-state index contributed by atoms with van der Waals surface area (Å²) in [6.07, 6.45) is 0.962. The summed E-state index contributed by atoms with van der Waals surface area (Å²) in [5.41, 5.74) is 1.12. The number of nitrogens with zero attached hydrogens (tertiary/aromatic N) is 3. The highest BCUT2D eigenvalue weighted by Gasteiger charge is 2.30. The molecule has 4 nitrogen and oxygen atoms in total. The van der Waals surface area contributed by atoms with Gasteiger partial charge in [-0.15, -0.1) is 0 Å². The van der Waals surface area contributed by atoms with Crippen LogP contribution in [0.3, 0.4) is 0 Å². The van der Waals surface area contributed by atoms with E-state index in [1.807, 2.05) is 17.0 Å². The van der Waals surface area contributed by atoms with Crippen LogP contribution in [0.25, 0.3) is 0 Å². The van der Waals surface area contributed by atoms with Gasteiger partial charge in [0.05, 0.1) is 0 Å². The van der Waals surface area contributed by atoms with Gasteiger partial charge in [0.2, 0.25) is 0 Å². The van der Waals surface area contributed by atoms with Gasteiger partial charge in [-0.1, -0.05) is 26.0 Å². The van der Waals surface area contributed by atoms with Crippen molar-refractivity contribution in [3.05, 3.63) is 35.6 Å². The first-order valence-electron chi connectivity index (χ1n) is 8.33. The number of urea groups is 1. The van der Waals surface area contributed by atoms with E-state index >= 15 is 0 Å². The number of hydrogen-bond donors (Lipinski definition) is 0. The first-order valence-corrected chi connectivity index (χ1v) is 8.33. The number of carbonyl (C=O) groups is 1. The lowest BCUT2D eigenvalue weighted by Crippen LogP contribution is -2.47. The number of carbonyl (C=O) groups excluding carboxylic acids is 1. The minimum absolute atomic E-state index is 0.0827. The predicted octanol–water partition coefficient (Wildman–Crippen LogP) is 3.04. The van der Waals surface area contributed by atoms with E-state index in [2.05, 4.69) is 18.7 Å². The van der Waals surface area contributed by atoms with Crippen LogP contribution in [-0.2, 0) is 6.54 Å². The second kappa shape index (κ2) is 7.77. The molecule has 0 radical (unpaired) electrons. The summed E-state index contributed by atoms with van der Waals surface area (Å²) in [5.74, 6) is 0.249. The van der Waals surface area contributed by atoms with Crippen LogP contribution in [0.4, 0.5) is 9.18 Å². The molecule has 0 aliphatic carbocycles. The van der Waals surface area contributed by atoms with E-state index in [1.165, 1.54) is 12.1 Å². The zero-order valence-electron chi connectivity index (χ0n) is 14.6. The van der Waals surface area contributed by atoms with Gasteiger partial charge in [-0.25, -0.2) is 9.18 Å². The van der Waals surface area contributed by atoms with Crippen molar-refractivity contribution in [2.45, 2.75) is 32.9 Å². The van der Waals surface area contributed by atoms with Crippen LogP contribution in [0.5, 0.6) is 0 Å². The highest BCUT2D eigenvalue weighted by molar-refractivity contribution is 5.73. The van der Waals surface area contributed by atoms with Gasteiger partial charge in [-0.3, -0.25) is 4.90 Å². The van der Waals surface area contributed by atoms with Gasteiger partial charge in [-0.05, 0) is 30.0 Å². The summed E-state index contributed by atoms with van der Waals surface area (Å²) in [4.78, 5) is 18.3. The van der Waals surface area contributed by atoms with E-state index in [0.717, 1.165) is 38.2 Å². The lowest BCUT2D eigenvalue weighted by molar-refractivity contribution is 0.127. The second-order valence-electron chi connectivity index (χ2n) is 6.88. The van der Waals surface area contributed by atoms with Gasteiger partial charge >= 0.3 is 6.03 Å². The smallest absolute Gasteiger partial charge is 0.319 e. The first-order chi connectivity index (χ1) is 10.9. The summed E-state index contributed by atoms with van der Waals surface area (Å²) in [6, 6.07) is 7.12. The standard InChI is InChI=1S/C18H28FN3O/c1-14(2)17-13-22(18(23)20(3)4)11-5-10-21(17)12-15-6-8-16(19)9-7-15/h6-9,14,17H,5,10-13H2,1-4H3/t17-/m0/s1. The second-order valence-corrected chi connectivity index (χ2v) is 6.88. The fourth-order valence-electron chi connectivity index (χ4n) is 3.17. The van der Waals surface area contributed by atoms with Crippen LogP contribution in [0.2, 0.25) is 0 Å². The minimum Gasteiger partial charge on any atom is -0.331 e. The van der Waals surface area contributed by atoms with Crippen LogP contribution in [0.15, 0.2) is 24.3 Å². The van der Waals surface area contributed by atoms with Crippen molar-refractivity contribution < 1.29 is 9.18 Å². The fourth-order valence-corrected chi connectivity index (χ4v) is 3.17. The third-order valence-electron chi connectivity index (χ3n) is 4.47. The molecule has 5 heteroatoms. The average molecular weight is 321 g/mol. The number of amides is 2. The molecular formula is C18H28FN3O. The average Bonchev–Trinajstić information content (AvgIpc) is 2.71. The maximum absolute atomic E-state index is 13.1. The molecule has 0 saturated carbocycles. The molecule has 128 valence electrons. The number of rotatable bonds is 3. The summed E-state index contributed by atoms with van der Waals surface area (Å²) in [6.45, 7) is 7.69. The van der Waals surface area contributed by atoms with Crippen molar-refractivity contribution in [1.29, 1.82) is 0 Å². The summed E-state index contributed by atoms with van der Waals surface area (Å²) in [5, 5.41) is 0. The molecule has 1 fully saturated rings. The Bertz CT molecular complexity index is 516. The normalized spacial score (nSPS) is 19.7. The van der Waals surface area contributed by atoms with Gasteiger partial charge < -0.3 is 9.80 Å². The summed E-state index contributed by atoms with van der Waals surface area (Å²) in [7, 11) is 3.60. The van der Waals surface area contributed by atoms with Crippen molar-refractivity contribution >= 4 is 6.03 Å². The molecule has 1 heterocycles. The molecule has 23 heavy (non-hydrogen) atoms. The lowest BCUT2D eigenvalue weighted by atomic mass is 10.0. The van der Waals surface area contributed by atoms with Crippen LogP contribution >= 0.6 is 0 Å².